The third kappa shape index (κ3) is 3.24. The van der Waals surface area contributed by atoms with Crippen LogP contribution in [0.3, 0.4) is 0 Å². The van der Waals surface area contributed by atoms with Gasteiger partial charge in [-0.2, -0.15) is 13.2 Å². The highest BCUT2D eigenvalue weighted by atomic mass is 19.4. The summed E-state index contributed by atoms with van der Waals surface area (Å²) in [6.07, 6.45) is 0.706. The van der Waals surface area contributed by atoms with Crippen molar-refractivity contribution in [1.29, 1.82) is 0 Å². The first kappa shape index (κ1) is 17.8. The fourth-order valence-corrected chi connectivity index (χ4v) is 3.65. The van der Waals surface area contributed by atoms with Gasteiger partial charge in [0.15, 0.2) is 5.65 Å². The van der Waals surface area contributed by atoms with E-state index in [1.54, 1.807) is 4.57 Å². The van der Waals surface area contributed by atoms with E-state index in [9.17, 15) is 18.0 Å². The van der Waals surface area contributed by atoms with Crippen molar-refractivity contribution in [2.24, 2.45) is 11.8 Å². The number of aromatic nitrogens is 3. The number of nitrogens with one attached hydrogen (secondary N) is 1. The van der Waals surface area contributed by atoms with E-state index in [1.165, 1.54) is 6.07 Å². The van der Waals surface area contributed by atoms with Crippen molar-refractivity contribution < 1.29 is 18.0 Å². The molecule has 2 aromatic rings. The fourth-order valence-electron chi connectivity index (χ4n) is 3.65. The van der Waals surface area contributed by atoms with E-state index in [0.29, 0.717) is 30.6 Å². The summed E-state index contributed by atoms with van der Waals surface area (Å²) in [5, 5.41) is 2.82. The van der Waals surface area contributed by atoms with Crippen molar-refractivity contribution in [2.45, 2.75) is 39.3 Å². The second-order valence-corrected chi connectivity index (χ2v) is 7.43. The largest absolute Gasteiger partial charge is 0.433 e. The van der Waals surface area contributed by atoms with Crippen LogP contribution in [0.1, 0.15) is 38.2 Å². The molecule has 1 aliphatic carbocycles. The van der Waals surface area contributed by atoms with Gasteiger partial charge in [-0.1, -0.05) is 13.8 Å². The number of carbonyl (C=O) groups excluding carboxylic acids is 1. The van der Waals surface area contributed by atoms with Crippen LogP contribution >= 0.6 is 0 Å². The van der Waals surface area contributed by atoms with Gasteiger partial charge in [0.25, 0.3) is 0 Å². The molecule has 1 fully saturated rings. The van der Waals surface area contributed by atoms with Crippen LogP contribution in [0.4, 0.5) is 13.2 Å². The van der Waals surface area contributed by atoms with E-state index >= 15 is 0 Å². The monoisotopic (exact) mass is 376 g/mol. The SMILES string of the molecule is CC(C)Cc1nc2ccc(C(F)(F)F)nc2n1C1=CC=C2NC(=O)CC2C1. The number of pyridine rings is 1. The summed E-state index contributed by atoms with van der Waals surface area (Å²) in [5.41, 5.74) is 1.39. The van der Waals surface area contributed by atoms with Gasteiger partial charge in [-0.05, 0) is 36.6 Å². The van der Waals surface area contributed by atoms with Gasteiger partial charge >= 0.3 is 6.18 Å². The Kier molecular flexibility index (Phi) is 4.09. The molecule has 1 N–H and O–H groups in total. The van der Waals surface area contributed by atoms with E-state index in [1.807, 2.05) is 26.0 Å². The van der Waals surface area contributed by atoms with Crippen molar-refractivity contribution in [3.05, 3.63) is 41.5 Å². The molecule has 1 aliphatic heterocycles. The summed E-state index contributed by atoms with van der Waals surface area (Å²) in [4.78, 5) is 20.1. The minimum atomic E-state index is -4.52. The lowest BCUT2D eigenvalue weighted by atomic mass is 9.94. The van der Waals surface area contributed by atoms with E-state index < -0.39 is 11.9 Å². The zero-order valence-corrected chi connectivity index (χ0v) is 15.0. The first-order chi connectivity index (χ1) is 12.7. The second-order valence-electron chi connectivity index (χ2n) is 7.43. The zero-order chi connectivity index (χ0) is 19.3. The van der Waals surface area contributed by atoms with Crippen LogP contribution in [-0.2, 0) is 17.4 Å². The zero-order valence-electron chi connectivity index (χ0n) is 15.0. The maximum atomic E-state index is 13.2. The fraction of sp³-hybridized carbons (Fsp3) is 0.421. The number of allylic oxidation sites excluding steroid dienone is 4. The number of halogens is 3. The molecule has 0 saturated carbocycles. The number of hydrogen-bond acceptors (Lipinski definition) is 3. The number of alkyl halides is 3. The first-order valence-electron chi connectivity index (χ1n) is 8.89. The Bertz CT molecular complexity index is 985. The van der Waals surface area contributed by atoms with Gasteiger partial charge in [0.1, 0.15) is 17.0 Å². The van der Waals surface area contributed by atoms with Gasteiger partial charge in [0.05, 0.1) is 0 Å². The van der Waals surface area contributed by atoms with Gasteiger partial charge in [-0.15, -0.1) is 0 Å². The Morgan fingerprint density at radius 2 is 2.00 bits per heavy atom. The summed E-state index contributed by atoms with van der Waals surface area (Å²) in [7, 11) is 0. The average molecular weight is 376 g/mol. The lowest BCUT2D eigenvalue weighted by Crippen LogP contribution is -2.16. The molecule has 0 bridgehead atoms. The predicted molar refractivity (Wildman–Crippen MR) is 94.3 cm³/mol. The summed E-state index contributed by atoms with van der Waals surface area (Å²) in [6, 6.07) is 2.34. The molecule has 2 aromatic heterocycles. The molecule has 8 heteroatoms. The Labute approximate surface area is 154 Å². The standard InChI is InChI=1S/C19H19F3N4O/c1-10(2)7-16-23-14-5-6-15(19(20,21)22)25-18(14)26(16)12-3-4-13-11(8-12)9-17(27)24-13/h3-6,10-11H,7-9H2,1-2H3,(H,24,27). The minimum Gasteiger partial charge on any atom is -0.329 e. The van der Waals surface area contributed by atoms with Crippen LogP contribution in [0.25, 0.3) is 16.9 Å². The van der Waals surface area contributed by atoms with Gasteiger partial charge in [-0.25, -0.2) is 9.97 Å². The van der Waals surface area contributed by atoms with E-state index in [0.717, 1.165) is 17.5 Å². The van der Waals surface area contributed by atoms with Crippen molar-refractivity contribution in [1.82, 2.24) is 19.9 Å². The molecule has 0 spiro atoms. The van der Waals surface area contributed by atoms with Crippen molar-refractivity contribution in [3.63, 3.8) is 0 Å². The third-order valence-corrected chi connectivity index (χ3v) is 4.81. The molecule has 3 heterocycles. The highest BCUT2D eigenvalue weighted by Gasteiger charge is 2.34. The van der Waals surface area contributed by atoms with Crippen LogP contribution in [0, 0.1) is 11.8 Å². The summed E-state index contributed by atoms with van der Waals surface area (Å²) >= 11 is 0. The molecular formula is C19H19F3N4O. The molecule has 27 heavy (non-hydrogen) atoms. The molecule has 2 aliphatic rings. The van der Waals surface area contributed by atoms with Crippen LogP contribution in [-0.4, -0.2) is 20.4 Å². The molecule has 0 radical (unpaired) electrons. The normalized spacial score (nSPS) is 19.9. The number of nitrogens with zero attached hydrogens (tertiary/aromatic N) is 3. The average Bonchev–Trinajstić information content (AvgIpc) is 3.10. The molecule has 0 aromatic carbocycles. The highest BCUT2D eigenvalue weighted by Crippen LogP contribution is 2.36. The Morgan fingerprint density at radius 1 is 1.22 bits per heavy atom. The third-order valence-electron chi connectivity index (χ3n) is 4.81. The van der Waals surface area contributed by atoms with E-state index in [4.69, 9.17) is 0 Å². The molecular weight excluding hydrogens is 357 g/mol. The minimum absolute atomic E-state index is 0.0210. The molecule has 142 valence electrons. The molecule has 4 rings (SSSR count). The first-order valence-corrected chi connectivity index (χ1v) is 8.89. The van der Waals surface area contributed by atoms with E-state index in [-0.39, 0.29) is 23.4 Å². The van der Waals surface area contributed by atoms with Gasteiger partial charge in [0, 0.05) is 30.2 Å². The van der Waals surface area contributed by atoms with Gasteiger partial charge in [-0.3, -0.25) is 9.36 Å². The molecule has 1 saturated heterocycles. The Hall–Kier alpha value is -2.64. The molecule has 1 amide bonds. The Morgan fingerprint density at radius 3 is 2.70 bits per heavy atom. The maximum absolute atomic E-state index is 13.2. The number of imidazole rings is 1. The van der Waals surface area contributed by atoms with Crippen LogP contribution in [0.5, 0.6) is 0 Å². The van der Waals surface area contributed by atoms with Crippen molar-refractivity contribution in [3.8, 4) is 0 Å². The van der Waals surface area contributed by atoms with Crippen LogP contribution in [0.15, 0.2) is 30.0 Å². The number of hydrogen-bond donors (Lipinski definition) is 1. The Balaban J connectivity index is 1.85. The summed E-state index contributed by atoms with van der Waals surface area (Å²) in [5.74, 6) is 0.962. The predicted octanol–water partition coefficient (Wildman–Crippen LogP) is 3.91. The quantitative estimate of drug-likeness (QED) is 0.884. The smallest absolute Gasteiger partial charge is 0.329 e. The lowest BCUT2D eigenvalue weighted by Gasteiger charge is -2.21. The van der Waals surface area contributed by atoms with Gasteiger partial charge < -0.3 is 5.32 Å². The number of carbonyl (C=O) groups is 1. The van der Waals surface area contributed by atoms with Gasteiger partial charge in [0.2, 0.25) is 5.91 Å². The second kappa shape index (κ2) is 6.21. The maximum Gasteiger partial charge on any atom is 0.433 e. The number of fused-ring (bicyclic) bond motifs is 2. The van der Waals surface area contributed by atoms with Crippen LogP contribution < -0.4 is 5.32 Å². The number of amides is 1. The summed E-state index contributed by atoms with van der Waals surface area (Å²) in [6.45, 7) is 4.07. The van der Waals surface area contributed by atoms with Crippen molar-refractivity contribution in [2.75, 3.05) is 0 Å². The molecule has 1 atom stereocenters. The lowest BCUT2D eigenvalue weighted by molar-refractivity contribution is -0.141. The van der Waals surface area contributed by atoms with Crippen LogP contribution in [0.2, 0.25) is 0 Å². The molecule has 1 unspecified atom stereocenters. The molecule has 5 nitrogen and oxygen atoms in total. The number of rotatable bonds is 3. The van der Waals surface area contributed by atoms with E-state index in [2.05, 4.69) is 15.3 Å². The summed E-state index contributed by atoms with van der Waals surface area (Å²) < 4.78 is 41.2. The highest BCUT2D eigenvalue weighted by molar-refractivity contribution is 5.83. The topological polar surface area (TPSA) is 59.8 Å². The van der Waals surface area contributed by atoms with Crippen molar-refractivity contribution >= 4 is 22.8 Å².